The van der Waals surface area contributed by atoms with Crippen molar-refractivity contribution >= 4 is 5.97 Å². The summed E-state index contributed by atoms with van der Waals surface area (Å²) in [6, 6.07) is 9.59. The van der Waals surface area contributed by atoms with E-state index in [-0.39, 0.29) is 12.6 Å². The quantitative estimate of drug-likeness (QED) is 0.529. The lowest BCUT2D eigenvalue weighted by atomic mass is 10.2. The molecular weight excluding hydrogens is 218 g/mol. The van der Waals surface area contributed by atoms with Gasteiger partial charge in [-0.25, -0.2) is 4.79 Å². The fraction of sp³-hybridized carbons (Fsp3) is 0.462. The highest BCUT2D eigenvalue weighted by molar-refractivity contribution is 5.70. The Bertz CT molecular complexity index is 325. The first kappa shape index (κ1) is 13.7. The van der Waals surface area contributed by atoms with Crippen LogP contribution in [0.5, 0.6) is 0 Å². The summed E-state index contributed by atoms with van der Waals surface area (Å²) in [6.45, 7) is 1.65. The number of carbonyl (C=O) groups is 1. The van der Waals surface area contributed by atoms with E-state index < -0.39 is 0 Å². The molecule has 1 rings (SSSR count). The average Bonchev–Trinajstić information content (AvgIpc) is 2.33. The summed E-state index contributed by atoms with van der Waals surface area (Å²) in [5.74, 6) is -0.326. The summed E-state index contributed by atoms with van der Waals surface area (Å²) in [5.41, 5.74) is 0.981. The normalized spacial score (nSPS) is 10.5. The number of ether oxygens (including phenoxy) is 2. The Kier molecular flexibility index (Phi) is 6.29. The number of carbonyl (C=O) groups excluding carboxylic acids is 1. The smallest absolute Gasteiger partial charge is 0.332 e. The van der Waals surface area contributed by atoms with E-state index in [0.717, 1.165) is 12.1 Å². The Morgan fingerprint density at radius 2 is 1.94 bits per heavy atom. The van der Waals surface area contributed by atoms with Crippen LogP contribution in [0.3, 0.4) is 0 Å². The van der Waals surface area contributed by atoms with Gasteiger partial charge in [0.25, 0.3) is 0 Å². The summed E-state index contributed by atoms with van der Waals surface area (Å²) in [7, 11) is 3.91. The highest BCUT2D eigenvalue weighted by Crippen LogP contribution is 2.00. The number of hydrogen-bond acceptors (Lipinski definition) is 4. The highest BCUT2D eigenvalue weighted by atomic mass is 16.6. The zero-order chi connectivity index (χ0) is 12.5. The predicted octanol–water partition coefficient (Wildman–Crippen LogP) is 1.31. The molecule has 94 valence electrons. The second-order valence-corrected chi connectivity index (χ2v) is 4.00. The Balaban J connectivity index is 2.09. The van der Waals surface area contributed by atoms with Crippen molar-refractivity contribution in [2.24, 2.45) is 0 Å². The number of rotatable bonds is 7. The lowest BCUT2D eigenvalue weighted by Gasteiger charge is -2.09. The van der Waals surface area contributed by atoms with Gasteiger partial charge in [-0.3, -0.25) is 0 Å². The van der Waals surface area contributed by atoms with Crippen molar-refractivity contribution in [1.82, 2.24) is 4.90 Å². The molecule has 4 nitrogen and oxygen atoms in total. The van der Waals surface area contributed by atoms with Crippen molar-refractivity contribution in [1.29, 1.82) is 0 Å². The maximum Gasteiger partial charge on any atom is 0.332 e. The Morgan fingerprint density at radius 1 is 1.24 bits per heavy atom. The molecule has 1 aromatic rings. The van der Waals surface area contributed by atoms with Crippen LogP contribution in [0.1, 0.15) is 5.56 Å². The zero-order valence-corrected chi connectivity index (χ0v) is 10.4. The molecule has 0 bridgehead atoms. The van der Waals surface area contributed by atoms with E-state index in [1.54, 1.807) is 0 Å². The SMILES string of the molecule is CN(C)CCOCC(=O)OCc1ccccc1. The van der Waals surface area contributed by atoms with Crippen LogP contribution in [0, 0.1) is 0 Å². The molecule has 0 atom stereocenters. The maximum atomic E-state index is 11.3. The fourth-order valence-corrected chi connectivity index (χ4v) is 1.18. The topological polar surface area (TPSA) is 38.8 Å². The van der Waals surface area contributed by atoms with Crippen molar-refractivity contribution in [3.8, 4) is 0 Å². The minimum absolute atomic E-state index is 0.0146. The van der Waals surface area contributed by atoms with Gasteiger partial charge in [-0.2, -0.15) is 0 Å². The van der Waals surface area contributed by atoms with Gasteiger partial charge in [0.05, 0.1) is 6.61 Å². The van der Waals surface area contributed by atoms with E-state index in [2.05, 4.69) is 0 Å². The maximum absolute atomic E-state index is 11.3. The van der Waals surface area contributed by atoms with Crippen LogP contribution < -0.4 is 0 Å². The second-order valence-electron chi connectivity index (χ2n) is 4.00. The third kappa shape index (κ3) is 6.71. The van der Waals surface area contributed by atoms with Crippen molar-refractivity contribution in [2.45, 2.75) is 6.61 Å². The summed E-state index contributed by atoms with van der Waals surface area (Å²) in [4.78, 5) is 13.3. The van der Waals surface area contributed by atoms with Gasteiger partial charge in [0.2, 0.25) is 0 Å². The number of benzene rings is 1. The van der Waals surface area contributed by atoms with Gasteiger partial charge >= 0.3 is 5.97 Å². The first-order valence-electron chi connectivity index (χ1n) is 5.60. The fourth-order valence-electron chi connectivity index (χ4n) is 1.18. The van der Waals surface area contributed by atoms with E-state index in [1.807, 2.05) is 49.3 Å². The standard InChI is InChI=1S/C13H19NO3/c1-14(2)8-9-16-11-13(15)17-10-12-6-4-3-5-7-12/h3-7H,8-11H2,1-2H3. The molecule has 0 aliphatic carbocycles. The molecule has 0 amide bonds. The summed E-state index contributed by atoms with van der Waals surface area (Å²) in [5, 5.41) is 0. The largest absolute Gasteiger partial charge is 0.459 e. The van der Waals surface area contributed by atoms with Crippen LogP contribution in [0.15, 0.2) is 30.3 Å². The molecule has 0 aliphatic heterocycles. The molecule has 0 aromatic heterocycles. The number of hydrogen-bond donors (Lipinski definition) is 0. The zero-order valence-electron chi connectivity index (χ0n) is 10.4. The van der Waals surface area contributed by atoms with Gasteiger partial charge in [0, 0.05) is 6.54 Å². The summed E-state index contributed by atoms with van der Waals surface area (Å²) >= 11 is 0. The summed E-state index contributed by atoms with van der Waals surface area (Å²) in [6.07, 6.45) is 0. The van der Waals surface area contributed by atoms with Crippen molar-refractivity contribution in [3.63, 3.8) is 0 Å². The number of nitrogens with zero attached hydrogens (tertiary/aromatic N) is 1. The molecule has 0 heterocycles. The molecule has 17 heavy (non-hydrogen) atoms. The number of likely N-dealkylation sites (N-methyl/N-ethyl adjacent to an activating group) is 1. The van der Waals surface area contributed by atoms with Crippen LogP contribution in [-0.4, -0.2) is 44.7 Å². The highest BCUT2D eigenvalue weighted by Gasteiger charge is 2.03. The van der Waals surface area contributed by atoms with Gasteiger partial charge < -0.3 is 14.4 Å². The van der Waals surface area contributed by atoms with Crippen molar-refractivity contribution in [3.05, 3.63) is 35.9 Å². The van der Waals surface area contributed by atoms with E-state index in [9.17, 15) is 4.79 Å². The molecule has 0 fully saturated rings. The first-order valence-corrected chi connectivity index (χ1v) is 5.60. The molecule has 0 aliphatic rings. The molecule has 0 spiro atoms. The van der Waals surface area contributed by atoms with Crippen LogP contribution in [0.4, 0.5) is 0 Å². The van der Waals surface area contributed by atoms with E-state index in [1.165, 1.54) is 0 Å². The molecule has 0 saturated heterocycles. The van der Waals surface area contributed by atoms with Gasteiger partial charge in [0.1, 0.15) is 13.2 Å². The molecule has 1 aromatic carbocycles. The summed E-state index contributed by atoms with van der Waals surface area (Å²) < 4.78 is 10.2. The molecule has 0 unspecified atom stereocenters. The molecule has 0 N–H and O–H groups in total. The Morgan fingerprint density at radius 3 is 2.59 bits per heavy atom. The Labute approximate surface area is 102 Å². The van der Waals surface area contributed by atoms with Gasteiger partial charge in [-0.1, -0.05) is 30.3 Å². The van der Waals surface area contributed by atoms with Crippen LogP contribution in [0.2, 0.25) is 0 Å². The van der Waals surface area contributed by atoms with Gasteiger partial charge in [0.15, 0.2) is 0 Å². The monoisotopic (exact) mass is 237 g/mol. The lowest BCUT2D eigenvalue weighted by molar-refractivity contribution is -0.150. The Hall–Kier alpha value is -1.39. The molecule has 0 radical (unpaired) electrons. The van der Waals surface area contributed by atoms with Gasteiger partial charge in [-0.15, -0.1) is 0 Å². The van der Waals surface area contributed by atoms with Crippen molar-refractivity contribution in [2.75, 3.05) is 33.9 Å². The van der Waals surface area contributed by atoms with E-state index in [0.29, 0.717) is 13.2 Å². The molecule has 0 saturated carbocycles. The molecule has 4 heteroatoms. The minimum atomic E-state index is -0.326. The van der Waals surface area contributed by atoms with E-state index in [4.69, 9.17) is 9.47 Å². The lowest BCUT2D eigenvalue weighted by Crippen LogP contribution is -2.21. The van der Waals surface area contributed by atoms with Crippen LogP contribution in [-0.2, 0) is 20.9 Å². The van der Waals surface area contributed by atoms with Crippen molar-refractivity contribution < 1.29 is 14.3 Å². The average molecular weight is 237 g/mol. The third-order valence-corrected chi connectivity index (χ3v) is 2.15. The van der Waals surface area contributed by atoms with Gasteiger partial charge in [-0.05, 0) is 19.7 Å². The van der Waals surface area contributed by atoms with Crippen LogP contribution >= 0.6 is 0 Å². The predicted molar refractivity (Wildman–Crippen MR) is 65.6 cm³/mol. The first-order chi connectivity index (χ1) is 8.18. The number of esters is 1. The van der Waals surface area contributed by atoms with E-state index >= 15 is 0 Å². The third-order valence-electron chi connectivity index (χ3n) is 2.15. The second kappa shape index (κ2) is 7.81. The van der Waals surface area contributed by atoms with Crippen LogP contribution in [0.25, 0.3) is 0 Å². The molecular formula is C13H19NO3. The minimum Gasteiger partial charge on any atom is -0.459 e.